The first-order chi connectivity index (χ1) is 19.4. The van der Waals surface area contributed by atoms with Crippen LogP contribution in [0.15, 0.2) is 77.9 Å². The van der Waals surface area contributed by atoms with Crippen molar-refractivity contribution in [3.63, 3.8) is 0 Å². The Kier molecular flexibility index (Phi) is 6.16. The van der Waals surface area contributed by atoms with Gasteiger partial charge in [0.15, 0.2) is 5.82 Å². The van der Waals surface area contributed by atoms with Crippen LogP contribution < -0.4 is 21.9 Å². The lowest BCUT2D eigenvalue weighted by molar-refractivity contribution is 0.0940. The third kappa shape index (κ3) is 4.39. The first kappa shape index (κ1) is 24.8. The third-order valence-corrected chi connectivity index (χ3v) is 6.73. The highest BCUT2D eigenvalue weighted by Gasteiger charge is 2.26. The zero-order valence-electron chi connectivity index (χ0n) is 21.9. The van der Waals surface area contributed by atoms with E-state index < -0.39 is 11.9 Å². The highest BCUT2D eigenvalue weighted by Crippen LogP contribution is 2.27. The molecule has 0 aliphatic carbocycles. The largest absolute Gasteiger partial charge is 0.381 e. The Morgan fingerprint density at radius 2 is 1.98 bits per heavy atom. The lowest BCUT2D eigenvalue weighted by atomic mass is 10.0. The molecule has 0 saturated heterocycles. The molecule has 4 N–H and O–H groups in total. The number of aromatic nitrogens is 5. The second-order valence-corrected chi connectivity index (χ2v) is 9.48. The molecule has 1 unspecified atom stereocenters. The number of fused-ring (bicyclic) bond motifs is 2. The predicted molar refractivity (Wildman–Crippen MR) is 155 cm³/mol. The van der Waals surface area contributed by atoms with Gasteiger partial charge in [-0.15, -0.1) is 5.10 Å². The van der Waals surface area contributed by atoms with Crippen molar-refractivity contribution in [3.8, 4) is 17.5 Å². The molecule has 40 heavy (non-hydrogen) atoms. The van der Waals surface area contributed by atoms with E-state index in [0.717, 1.165) is 10.9 Å². The van der Waals surface area contributed by atoms with E-state index in [4.69, 9.17) is 5.73 Å². The summed E-state index contributed by atoms with van der Waals surface area (Å²) in [6.45, 7) is 2.40. The van der Waals surface area contributed by atoms with Crippen LogP contribution in [0.25, 0.3) is 22.7 Å². The van der Waals surface area contributed by atoms with Gasteiger partial charge in [-0.3, -0.25) is 18.8 Å². The van der Waals surface area contributed by atoms with Crippen LogP contribution >= 0.6 is 0 Å². The quantitative estimate of drug-likeness (QED) is 0.306. The Morgan fingerprint density at radius 1 is 1.15 bits per heavy atom. The fourth-order valence-corrected chi connectivity index (χ4v) is 4.88. The Bertz CT molecular complexity index is 1920. The number of carbonyl (C=O) groups is 1. The zero-order chi connectivity index (χ0) is 27.8. The lowest BCUT2D eigenvalue weighted by Gasteiger charge is -2.21. The van der Waals surface area contributed by atoms with Gasteiger partial charge in [-0.05, 0) is 42.7 Å². The predicted octanol–water partition coefficient (Wildman–Crippen LogP) is 3.29. The molecule has 10 nitrogen and oxygen atoms in total. The summed E-state index contributed by atoms with van der Waals surface area (Å²) in [6.07, 6.45) is 7.14. The highest BCUT2D eigenvalue weighted by molar-refractivity contribution is 6.04. The summed E-state index contributed by atoms with van der Waals surface area (Å²) in [5.41, 5.74) is 8.79. The van der Waals surface area contributed by atoms with Gasteiger partial charge in [0.05, 0.1) is 23.2 Å². The van der Waals surface area contributed by atoms with E-state index in [0.29, 0.717) is 34.7 Å². The number of carbonyl (C=O) groups excluding carboxylic acids is 1. The van der Waals surface area contributed by atoms with E-state index in [1.54, 1.807) is 26.3 Å². The molecule has 2 aromatic carbocycles. The van der Waals surface area contributed by atoms with Gasteiger partial charge in [-0.2, -0.15) is 5.10 Å². The van der Waals surface area contributed by atoms with Gasteiger partial charge in [0.1, 0.15) is 11.4 Å². The van der Waals surface area contributed by atoms with Crippen LogP contribution in [0.3, 0.4) is 0 Å². The van der Waals surface area contributed by atoms with E-state index in [2.05, 4.69) is 32.7 Å². The van der Waals surface area contributed by atoms with Crippen LogP contribution in [0.1, 0.15) is 40.1 Å². The van der Waals surface area contributed by atoms with Crippen LogP contribution in [-0.4, -0.2) is 36.6 Å². The van der Waals surface area contributed by atoms with Crippen LogP contribution in [0.5, 0.6) is 0 Å². The molecule has 0 bridgehead atoms. The summed E-state index contributed by atoms with van der Waals surface area (Å²) >= 11 is 0. The number of aryl methyl sites for hydroxylation is 1. The van der Waals surface area contributed by atoms with Gasteiger partial charge in [-0.1, -0.05) is 42.2 Å². The number of hydrogen-bond acceptors (Lipinski definition) is 6. The maximum absolute atomic E-state index is 14.2. The minimum Gasteiger partial charge on any atom is -0.381 e. The number of nitrogen functional groups attached to an aromatic ring is 1. The number of pyridine rings is 1. The summed E-state index contributed by atoms with van der Waals surface area (Å²) < 4.78 is 4.85. The topological polar surface area (TPSA) is 125 Å². The molecule has 0 spiro atoms. The Morgan fingerprint density at radius 3 is 2.75 bits per heavy atom. The number of para-hydroxylation sites is 1. The number of hydrogen-bond donors (Lipinski definition) is 3. The summed E-state index contributed by atoms with van der Waals surface area (Å²) in [7, 11) is 1.83. The first-order valence-electron chi connectivity index (χ1n) is 12.7. The minimum atomic E-state index is -0.552. The Labute approximate surface area is 229 Å². The molecule has 1 aliphatic rings. The standard InChI is InChI=1S/C30H26N8O2/c1-19(34-29(39)26-27(31)35-37-15-7-14-32-28(26)37)24-16-22-9-6-8-21(13-12-20-17-33-36(2)18-20)25(22)30(40)38(24)23-10-4-3-5-11-23/h3-11,15-19,32H,14H2,1-2H3,(H2,31,35)(H,34,39). The van der Waals surface area contributed by atoms with Gasteiger partial charge in [-0.25, -0.2) is 4.68 Å². The van der Waals surface area contributed by atoms with Crippen molar-refractivity contribution < 1.29 is 4.79 Å². The molecule has 4 heterocycles. The van der Waals surface area contributed by atoms with Gasteiger partial charge >= 0.3 is 0 Å². The molecular formula is C30H26N8O2. The van der Waals surface area contributed by atoms with E-state index in [9.17, 15) is 9.59 Å². The van der Waals surface area contributed by atoms with Gasteiger partial charge in [0.2, 0.25) is 0 Å². The van der Waals surface area contributed by atoms with Crippen LogP contribution in [0.2, 0.25) is 0 Å². The SMILES string of the molecule is CC(NC(=O)c1c(N)nn2c1NCC=C2)c1cc2cccc(C#Cc3cnn(C)c3)c2c(=O)n1-c1ccccc1. The van der Waals surface area contributed by atoms with Crippen LogP contribution in [0, 0.1) is 11.8 Å². The Balaban J connectivity index is 1.46. The molecule has 0 saturated carbocycles. The number of anilines is 2. The molecule has 1 atom stereocenters. The molecule has 198 valence electrons. The lowest BCUT2D eigenvalue weighted by Crippen LogP contribution is -2.33. The van der Waals surface area contributed by atoms with E-state index in [-0.39, 0.29) is 16.9 Å². The number of benzene rings is 2. The van der Waals surface area contributed by atoms with E-state index >= 15 is 0 Å². The number of nitrogens with two attached hydrogens (primary N) is 1. The molecular weight excluding hydrogens is 504 g/mol. The highest BCUT2D eigenvalue weighted by atomic mass is 16.2. The summed E-state index contributed by atoms with van der Waals surface area (Å²) in [4.78, 5) is 27.6. The average molecular weight is 531 g/mol. The first-order valence-corrected chi connectivity index (χ1v) is 12.7. The molecule has 6 rings (SSSR count). The molecule has 0 radical (unpaired) electrons. The number of nitrogens with zero attached hydrogens (tertiary/aromatic N) is 5. The average Bonchev–Trinajstić information content (AvgIpc) is 3.53. The molecule has 1 aliphatic heterocycles. The van der Waals surface area contributed by atoms with Crippen molar-refractivity contribution in [2.75, 3.05) is 17.6 Å². The minimum absolute atomic E-state index is 0.120. The number of amides is 1. The number of rotatable bonds is 4. The fourth-order valence-electron chi connectivity index (χ4n) is 4.88. The van der Waals surface area contributed by atoms with Crippen molar-refractivity contribution >= 4 is 34.5 Å². The maximum atomic E-state index is 14.2. The number of nitrogens with one attached hydrogen (secondary N) is 2. The normalized spacial score (nSPS) is 12.8. The van der Waals surface area contributed by atoms with Gasteiger partial charge < -0.3 is 16.4 Å². The molecule has 0 fully saturated rings. The third-order valence-electron chi connectivity index (χ3n) is 6.73. The van der Waals surface area contributed by atoms with Gasteiger partial charge in [0, 0.05) is 42.9 Å². The second-order valence-electron chi connectivity index (χ2n) is 9.48. The summed E-state index contributed by atoms with van der Waals surface area (Å²) in [5.74, 6) is 6.51. The smallest absolute Gasteiger partial charge is 0.264 e. The molecule has 10 heteroatoms. The van der Waals surface area contributed by atoms with Crippen LogP contribution in [0.4, 0.5) is 11.6 Å². The van der Waals surface area contributed by atoms with E-state index in [1.165, 1.54) is 0 Å². The van der Waals surface area contributed by atoms with Gasteiger partial charge in [0.25, 0.3) is 11.5 Å². The fraction of sp³-hybridized carbons (Fsp3) is 0.133. The zero-order valence-corrected chi connectivity index (χ0v) is 21.9. The summed E-state index contributed by atoms with van der Waals surface area (Å²) in [6, 6.07) is 16.3. The monoisotopic (exact) mass is 530 g/mol. The summed E-state index contributed by atoms with van der Waals surface area (Å²) in [5, 5.41) is 15.8. The van der Waals surface area contributed by atoms with E-state index in [1.807, 2.05) is 80.8 Å². The van der Waals surface area contributed by atoms with Crippen molar-refractivity contribution in [2.24, 2.45) is 7.05 Å². The molecule has 1 amide bonds. The van der Waals surface area contributed by atoms with Crippen LogP contribution in [-0.2, 0) is 7.05 Å². The Hall–Kier alpha value is -5.56. The van der Waals surface area contributed by atoms with Crippen molar-refractivity contribution in [2.45, 2.75) is 13.0 Å². The van der Waals surface area contributed by atoms with Crippen molar-refractivity contribution in [1.29, 1.82) is 0 Å². The molecule has 5 aromatic rings. The van der Waals surface area contributed by atoms with Crippen molar-refractivity contribution in [1.82, 2.24) is 29.4 Å². The second kappa shape index (κ2) is 9.96. The molecule has 3 aromatic heterocycles. The maximum Gasteiger partial charge on any atom is 0.264 e. The van der Waals surface area contributed by atoms with Crippen molar-refractivity contribution in [3.05, 3.63) is 106 Å².